The van der Waals surface area contributed by atoms with Crippen molar-refractivity contribution in [2.45, 2.75) is 17.7 Å². The third kappa shape index (κ3) is 5.17. The molecule has 8 nitrogen and oxygen atoms in total. The molecule has 2 fully saturated rings. The zero-order valence-corrected chi connectivity index (χ0v) is 22.7. The number of hydrogen-bond donors (Lipinski definition) is 1. The van der Waals surface area contributed by atoms with Crippen LogP contribution in [0.25, 0.3) is 22.2 Å². The van der Waals surface area contributed by atoms with E-state index in [-0.39, 0.29) is 29.7 Å². The Kier molecular flexibility index (Phi) is 7.22. The van der Waals surface area contributed by atoms with Crippen molar-refractivity contribution in [1.82, 2.24) is 9.29 Å². The summed E-state index contributed by atoms with van der Waals surface area (Å²) in [5.74, 6) is -0.743. The predicted molar refractivity (Wildman–Crippen MR) is 153 cm³/mol. The van der Waals surface area contributed by atoms with Gasteiger partial charge < -0.3 is 15.0 Å². The van der Waals surface area contributed by atoms with Gasteiger partial charge in [-0.3, -0.25) is 4.79 Å². The number of fused-ring (bicyclic) bond motifs is 1. The molecular formula is C30H29FN4O4S. The highest BCUT2D eigenvalue weighted by Gasteiger charge is 2.28. The Labute approximate surface area is 232 Å². The van der Waals surface area contributed by atoms with E-state index in [9.17, 15) is 17.6 Å². The Bertz CT molecular complexity index is 1670. The average Bonchev–Trinajstić information content (AvgIpc) is 3.52. The van der Waals surface area contributed by atoms with Gasteiger partial charge in [0.05, 0.1) is 46.3 Å². The number of halogens is 1. The number of anilines is 2. The van der Waals surface area contributed by atoms with Gasteiger partial charge in [0.15, 0.2) is 0 Å². The van der Waals surface area contributed by atoms with Crippen molar-refractivity contribution >= 4 is 38.2 Å². The molecule has 10 heteroatoms. The van der Waals surface area contributed by atoms with E-state index in [4.69, 9.17) is 9.72 Å². The summed E-state index contributed by atoms with van der Waals surface area (Å²) in [4.78, 5) is 20.9. The number of pyridine rings is 1. The Morgan fingerprint density at radius 2 is 1.62 bits per heavy atom. The molecule has 206 valence electrons. The molecule has 4 aromatic rings. The van der Waals surface area contributed by atoms with Gasteiger partial charge in [-0.15, -0.1) is 0 Å². The normalized spacial score (nSPS) is 16.4. The van der Waals surface area contributed by atoms with Crippen LogP contribution in [0.3, 0.4) is 0 Å². The van der Waals surface area contributed by atoms with E-state index in [1.165, 1.54) is 16.4 Å². The van der Waals surface area contributed by atoms with E-state index in [0.29, 0.717) is 46.6 Å². The van der Waals surface area contributed by atoms with Crippen LogP contribution in [0.2, 0.25) is 0 Å². The molecule has 1 N–H and O–H groups in total. The highest BCUT2D eigenvalue weighted by atomic mass is 32.2. The quantitative estimate of drug-likeness (QED) is 0.360. The molecule has 3 aromatic carbocycles. The minimum Gasteiger partial charge on any atom is -0.379 e. The van der Waals surface area contributed by atoms with Crippen LogP contribution in [0.15, 0.2) is 77.7 Å². The number of morpholine rings is 1. The third-order valence-electron chi connectivity index (χ3n) is 7.37. The summed E-state index contributed by atoms with van der Waals surface area (Å²) in [6.07, 6.45) is 2.05. The van der Waals surface area contributed by atoms with Gasteiger partial charge in [-0.2, -0.15) is 4.31 Å². The van der Waals surface area contributed by atoms with Gasteiger partial charge in [-0.05, 0) is 67.4 Å². The molecule has 0 spiro atoms. The lowest BCUT2D eigenvalue weighted by Gasteiger charge is -2.27. The summed E-state index contributed by atoms with van der Waals surface area (Å²) >= 11 is 0. The fourth-order valence-electron chi connectivity index (χ4n) is 5.27. The molecule has 1 aromatic heterocycles. The average molecular weight is 561 g/mol. The molecule has 0 atom stereocenters. The first-order chi connectivity index (χ1) is 19.4. The topological polar surface area (TPSA) is 91.8 Å². The second-order valence-electron chi connectivity index (χ2n) is 9.92. The number of benzene rings is 3. The summed E-state index contributed by atoms with van der Waals surface area (Å²) in [7, 11) is -3.76. The summed E-state index contributed by atoms with van der Waals surface area (Å²) in [5, 5.41) is 3.68. The Hall–Kier alpha value is -3.86. The lowest BCUT2D eigenvalue weighted by atomic mass is 10.0. The number of nitrogens with zero attached hydrogens (tertiary/aromatic N) is 3. The smallest absolute Gasteiger partial charge is 0.256 e. The van der Waals surface area contributed by atoms with Gasteiger partial charge >= 0.3 is 0 Å². The van der Waals surface area contributed by atoms with Crippen molar-refractivity contribution in [2.75, 3.05) is 49.6 Å². The molecule has 0 aliphatic carbocycles. The third-order valence-corrected chi connectivity index (χ3v) is 9.27. The van der Waals surface area contributed by atoms with Crippen molar-refractivity contribution in [1.29, 1.82) is 0 Å². The number of rotatable bonds is 6. The van der Waals surface area contributed by atoms with Crippen molar-refractivity contribution in [2.24, 2.45) is 0 Å². The molecule has 0 saturated carbocycles. The van der Waals surface area contributed by atoms with E-state index in [1.807, 2.05) is 24.3 Å². The molecule has 2 aliphatic heterocycles. The fourth-order valence-corrected chi connectivity index (χ4v) is 6.70. The summed E-state index contributed by atoms with van der Waals surface area (Å²) in [6.45, 7) is 2.91. The number of para-hydroxylation sites is 1. The zero-order valence-electron chi connectivity index (χ0n) is 21.8. The lowest BCUT2D eigenvalue weighted by molar-refractivity contribution is 0.0730. The minimum atomic E-state index is -3.76. The van der Waals surface area contributed by atoms with Crippen LogP contribution in [-0.4, -0.2) is 63.0 Å². The summed E-state index contributed by atoms with van der Waals surface area (Å²) < 4.78 is 47.2. The monoisotopic (exact) mass is 560 g/mol. The van der Waals surface area contributed by atoms with Crippen LogP contribution in [0.4, 0.5) is 15.8 Å². The molecule has 40 heavy (non-hydrogen) atoms. The van der Waals surface area contributed by atoms with E-state index < -0.39 is 10.0 Å². The van der Waals surface area contributed by atoms with Gasteiger partial charge in [0.25, 0.3) is 5.91 Å². The molecule has 3 heterocycles. The zero-order chi connectivity index (χ0) is 27.7. The van der Waals surface area contributed by atoms with E-state index >= 15 is 0 Å². The number of aromatic nitrogens is 1. The van der Waals surface area contributed by atoms with Crippen LogP contribution in [0.1, 0.15) is 23.2 Å². The number of carbonyl (C=O) groups excluding carboxylic acids is 1. The summed E-state index contributed by atoms with van der Waals surface area (Å²) in [5.41, 5.74) is 3.44. The second kappa shape index (κ2) is 11.0. The first kappa shape index (κ1) is 26.4. The molecule has 0 radical (unpaired) electrons. The second-order valence-corrected chi connectivity index (χ2v) is 11.9. The molecule has 2 aliphatic rings. The van der Waals surface area contributed by atoms with Crippen LogP contribution in [0.5, 0.6) is 0 Å². The maximum atomic E-state index is 13.9. The fraction of sp³-hybridized carbons (Fsp3) is 0.267. The number of hydrogen-bond acceptors (Lipinski definition) is 6. The molecule has 2 saturated heterocycles. The number of nitrogens with one attached hydrogen (secondary N) is 1. The SMILES string of the molecule is O=C(Nc1cc(S(=O)(=O)N2CCOCC2)ccc1N1CCCC1)c1cc(-c2ccc(F)cc2)nc2ccccc12. The molecular weight excluding hydrogens is 531 g/mol. The van der Waals surface area contributed by atoms with E-state index in [1.54, 1.807) is 36.4 Å². The van der Waals surface area contributed by atoms with Gasteiger partial charge in [0.1, 0.15) is 5.82 Å². The van der Waals surface area contributed by atoms with Crippen molar-refractivity contribution in [3.63, 3.8) is 0 Å². The summed E-state index contributed by atoms with van der Waals surface area (Å²) in [6, 6.07) is 19.9. The number of carbonyl (C=O) groups is 1. The molecule has 1 amide bonds. The minimum absolute atomic E-state index is 0.124. The number of ether oxygens (including phenoxy) is 1. The predicted octanol–water partition coefficient (Wildman–Crippen LogP) is 4.91. The molecule has 0 unspecified atom stereocenters. The van der Waals surface area contributed by atoms with E-state index in [0.717, 1.165) is 31.6 Å². The van der Waals surface area contributed by atoms with Crippen LogP contribution in [-0.2, 0) is 14.8 Å². The van der Waals surface area contributed by atoms with Crippen LogP contribution < -0.4 is 10.2 Å². The van der Waals surface area contributed by atoms with Crippen LogP contribution >= 0.6 is 0 Å². The van der Waals surface area contributed by atoms with Gasteiger partial charge in [-0.25, -0.2) is 17.8 Å². The largest absolute Gasteiger partial charge is 0.379 e. The Balaban J connectivity index is 1.41. The van der Waals surface area contributed by atoms with E-state index in [2.05, 4.69) is 10.2 Å². The van der Waals surface area contributed by atoms with Gasteiger partial charge in [0.2, 0.25) is 10.0 Å². The van der Waals surface area contributed by atoms with Gasteiger partial charge in [0, 0.05) is 37.1 Å². The number of sulfonamides is 1. The maximum absolute atomic E-state index is 13.9. The highest BCUT2D eigenvalue weighted by molar-refractivity contribution is 7.89. The van der Waals surface area contributed by atoms with Crippen molar-refractivity contribution in [3.05, 3.63) is 84.2 Å². The Morgan fingerprint density at radius 1 is 0.900 bits per heavy atom. The lowest BCUT2D eigenvalue weighted by Crippen LogP contribution is -2.40. The van der Waals surface area contributed by atoms with Gasteiger partial charge in [-0.1, -0.05) is 18.2 Å². The van der Waals surface area contributed by atoms with Crippen molar-refractivity contribution in [3.8, 4) is 11.3 Å². The number of amides is 1. The molecule has 6 rings (SSSR count). The highest BCUT2D eigenvalue weighted by Crippen LogP contribution is 2.34. The van der Waals surface area contributed by atoms with Crippen LogP contribution in [0, 0.1) is 5.82 Å². The first-order valence-electron chi connectivity index (χ1n) is 13.3. The molecule has 0 bridgehead atoms. The first-order valence-corrected chi connectivity index (χ1v) is 14.8. The Morgan fingerprint density at radius 3 is 2.38 bits per heavy atom. The standard InChI is InChI=1S/C30H29FN4O4S/c31-22-9-7-21(8-10-22)27-20-25(24-5-1-2-6-26(24)32-27)30(36)33-28-19-23(11-12-29(28)34-13-3-4-14-34)40(37,38)35-15-17-39-18-16-35/h1-2,5-12,19-20H,3-4,13-18H2,(H,33,36). The maximum Gasteiger partial charge on any atom is 0.256 e. The van der Waals surface area contributed by atoms with Crippen molar-refractivity contribution < 1.29 is 22.3 Å².